The minimum Gasteiger partial charge on any atom is -0.494 e. The lowest BCUT2D eigenvalue weighted by molar-refractivity contribution is -0.111. The van der Waals surface area contributed by atoms with E-state index >= 15 is 4.39 Å². The van der Waals surface area contributed by atoms with E-state index in [1.807, 2.05) is 44.2 Å². The third-order valence-corrected chi connectivity index (χ3v) is 5.61. The van der Waals surface area contributed by atoms with Crippen molar-refractivity contribution >= 4 is 34.0 Å². The van der Waals surface area contributed by atoms with E-state index in [4.69, 9.17) is 9.47 Å². The second kappa shape index (κ2) is 11.0. The lowest BCUT2D eigenvalue weighted by atomic mass is 10.1. The molecule has 192 valence electrons. The smallest absolute Gasteiger partial charge is 0.247 e. The van der Waals surface area contributed by atoms with E-state index in [2.05, 4.69) is 32.3 Å². The van der Waals surface area contributed by atoms with E-state index in [-0.39, 0.29) is 29.5 Å². The van der Waals surface area contributed by atoms with Crippen molar-refractivity contribution in [3.05, 3.63) is 61.3 Å². The van der Waals surface area contributed by atoms with E-state index in [1.54, 1.807) is 16.9 Å². The van der Waals surface area contributed by atoms with Crippen LogP contribution in [-0.2, 0) is 11.8 Å². The van der Waals surface area contributed by atoms with Gasteiger partial charge in [-0.1, -0.05) is 12.6 Å². The molecule has 0 bridgehead atoms. The second-order valence-electron chi connectivity index (χ2n) is 8.44. The highest BCUT2D eigenvalue weighted by molar-refractivity contribution is 6.01. The summed E-state index contributed by atoms with van der Waals surface area (Å²) < 4.78 is 28.8. The number of methoxy groups -OCH3 is 1. The molecule has 0 aliphatic rings. The van der Waals surface area contributed by atoms with Gasteiger partial charge >= 0.3 is 0 Å². The zero-order valence-corrected chi connectivity index (χ0v) is 21.1. The van der Waals surface area contributed by atoms with Gasteiger partial charge in [-0.3, -0.25) is 9.48 Å². The number of carbonyl (C=O) groups excluding carboxylic acids is 1. The second-order valence-corrected chi connectivity index (χ2v) is 8.44. The summed E-state index contributed by atoms with van der Waals surface area (Å²) in [6.45, 7) is 4.30. The van der Waals surface area contributed by atoms with E-state index in [0.717, 1.165) is 22.5 Å². The summed E-state index contributed by atoms with van der Waals surface area (Å²) in [5.74, 6) is -0.722. The van der Waals surface area contributed by atoms with Crippen LogP contribution in [-0.4, -0.2) is 64.9 Å². The largest absolute Gasteiger partial charge is 0.494 e. The summed E-state index contributed by atoms with van der Waals surface area (Å²) in [4.78, 5) is 22.6. The highest BCUT2D eigenvalue weighted by atomic mass is 19.1. The molecule has 2 aromatic heterocycles. The summed E-state index contributed by atoms with van der Waals surface area (Å²) in [5, 5.41) is 10.7. The predicted molar refractivity (Wildman–Crippen MR) is 141 cm³/mol. The number of likely N-dealkylation sites (N-methyl/N-ethyl adjacent to an activating group) is 1. The molecule has 10 nitrogen and oxygen atoms in total. The Bertz CT molecular complexity index is 1450. The van der Waals surface area contributed by atoms with Crippen LogP contribution in [0, 0.1) is 5.82 Å². The third kappa shape index (κ3) is 5.67. The van der Waals surface area contributed by atoms with Gasteiger partial charge in [0.15, 0.2) is 5.82 Å². The first-order chi connectivity index (χ1) is 17.8. The summed E-state index contributed by atoms with van der Waals surface area (Å²) in [6.07, 6.45) is 4.21. The van der Waals surface area contributed by atoms with Crippen molar-refractivity contribution in [1.82, 2.24) is 24.6 Å². The average Bonchev–Trinajstić information content (AvgIpc) is 3.27. The fourth-order valence-corrected chi connectivity index (χ4v) is 3.66. The number of nitrogens with zero attached hydrogens (tertiary/aromatic N) is 5. The first-order valence-electron chi connectivity index (χ1n) is 11.4. The number of rotatable bonds is 10. The van der Waals surface area contributed by atoms with Crippen molar-refractivity contribution < 1.29 is 18.7 Å². The van der Waals surface area contributed by atoms with Gasteiger partial charge in [0, 0.05) is 36.7 Å². The first-order valence-corrected chi connectivity index (χ1v) is 11.4. The molecule has 4 aromatic rings. The number of benzene rings is 2. The first kappa shape index (κ1) is 25.6. The number of aromatic nitrogens is 4. The van der Waals surface area contributed by atoms with Crippen molar-refractivity contribution in [3.8, 4) is 22.8 Å². The van der Waals surface area contributed by atoms with Crippen molar-refractivity contribution in [3.63, 3.8) is 0 Å². The van der Waals surface area contributed by atoms with E-state index in [0.29, 0.717) is 18.1 Å². The van der Waals surface area contributed by atoms with Crippen LogP contribution in [0.2, 0.25) is 0 Å². The number of aryl methyl sites for hydroxylation is 1. The lowest BCUT2D eigenvalue weighted by Gasteiger charge is -2.19. The maximum atomic E-state index is 15.8. The van der Waals surface area contributed by atoms with Gasteiger partial charge in [-0.2, -0.15) is 5.10 Å². The molecule has 4 rings (SSSR count). The molecule has 0 aliphatic heterocycles. The van der Waals surface area contributed by atoms with E-state index in [9.17, 15) is 4.79 Å². The van der Waals surface area contributed by atoms with Gasteiger partial charge in [0.25, 0.3) is 0 Å². The van der Waals surface area contributed by atoms with Gasteiger partial charge in [0.2, 0.25) is 5.91 Å². The van der Waals surface area contributed by atoms with Crippen LogP contribution in [0.3, 0.4) is 0 Å². The lowest BCUT2D eigenvalue weighted by Crippen LogP contribution is -2.20. The fourth-order valence-electron chi connectivity index (χ4n) is 3.66. The number of amides is 1. The zero-order valence-electron chi connectivity index (χ0n) is 21.1. The van der Waals surface area contributed by atoms with E-state index < -0.39 is 11.7 Å². The number of hydrogen-bond acceptors (Lipinski definition) is 8. The quantitative estimate of drug-likeness (QED) is 0.312. The molecular weight excluding hydrogens is 477 g/mol. The maximum absolute atomic E-state index is 15.8. The molecule has 2 aromatic carbocycles. The fraction of sp³-hybridized carbons (Fsp3) is 0.231. The number of ether oxygens (including phenoxy) is 2. The zero-order chi connectivity index (χ0) is 26.5. The predicted octanol–water partition coefficient (Wildman–Crippen LogP) is 3.99. The molecule has 0 radical (unpaired) electrons. The van der Waals surface area contributed by atoms with Crippen LogP contribution in [0.5, 0.6) is 11.5 Å². The molecule has 2 N–H and O–H groups in total. The summed E-state index contributed by atoms with van der Waals surface area (Å²) in [5.41, 5.74) is 2.32. The van der Waals surface area contributed by atoms with Crippen LogP contribution >= 0.6 is 0 Å². The van der Waals surface area contributed by atoms with Crippen LogP contribution in [0.25, 0.3) is 22.2 Å². The minimum atomic E-state index is -0.772. The van der Waals surface area contributed by atoms with Gasteiger partial charge < -0.3 is 25.0 Å². The van der Waals surface area contributed by atoms with Crippen LogP contribution < -0.4 is 20.1 Å². The molecule has 11 heteroatoms. The Hall–Kier alpha value is -4.51. The number of fused-ring (bicyclic) bond motifs is 1. The van der Waals surface area contributed by atoms with Crippen molar-refractivity contribution in [1.29, 1.82) is 0 Å². The Labute approximate surface area is 213 Å². The molecule has 37 heavy (non-hydrogen) atoms. The molecule has 0 unspecified atom stereocenters. The molecule has 0 saturated carbocycles. The Morgan fingerprint density at radius 3 is 2.73 bits per heavy atom. The van der Waals surface area contributed by atoms with Gasteiger partial charge in [-0.05, 0) is 32.3 Å². The summed E-state index contributed by atoms with van der Waals surface area (Å²) in [6, 6.07) is 9.07. The van der Waals surface area contributed by atoms with Gasteiger partial charge in [0.1, 0.15) is 41.6 Å². The van der Waals surface area contributed by atoms with Crippen LogP contribution in [0.4, 0.5) is 21.6 Å². The molecule has 1 amide bonds. The molecule has 0 atom stereocenters. The number of carbonyl (C=O) groups is 1. The Balaban J connectivity index is 1.70. The van der Waals surface area contributed by atoms with Gasteiger partial charge in [-0.15, -0.1) is 0 Å². The Kier molecular flexibility index (Phi) is 7.63. The highest BCUT2D eigenvalue weighted by Crippen LogP contribution is 2.41. The number of halogens is 1. The Morgan fingerprint density at radius 2 is 2.00 bits per heavy atom. The third-order valence-electron chi connectivity index (χ3n) is 5.61. The van der Waals surface area contributed by atoms with Crippen molar-refractivity contribution in [2.24, 2.45) is 7.05 Å². The highest BCUT2D eigenvalue weighted by Gasteiger charge is 2.22. The normalized spacial score (nSPS) is 11.0. The molecule has 0 saturated heterocycles. The number of hydrogen-bond donors (Lipinski definition) is 2. The maximum Gasteiger partial charge on any atom is 0.247 e. The molecule has 2 heterocycles. The molecule has 0 fully saturated rings. The monoisotopic (exact) mass is 505 g/mol. The minimum absolute atomic E-state index is 0.0193. The topological polar surface area (TPSA) is 106 Å². The molecule has 0 spiro atoms. The number of anilines is 3. The van der Waals surface area contributed by atoms with Crippen molar-refractivity contribution in [2.75, 3.05) is 45.0 Å². The standard InChI is InChI=1S/C26H28FN7O3/c1-6-23(35)32-26-21(37-10-9-33(2)3)13-20(36-5)25(24(26)27)31-22-12-18(28-15-29-22)16-7-8-19-17(11-16)14-30-34(19)4/h6-8,11-15H,1,9-10H2,2-5H3,(H,32,35)(H,28,29,31). The van der Waals surface area contributed by atoms with Gasteiger partial charge in [0.05, 0.1) is 24.5 Å². The number of nitrogens with one attached hydrogen (secondary N) is 2. The van der Waals surface area contributed by atoms with Crippen LogP contribution in [0.1, 0.15) is 0 Å². The van der Waals surface area contributed by atoms with Crippen LogP contribution in [0.15, 0.2) is 55.5 Å². The summed E-state index contributed by atoms with van der Waals surface area (Å²) >= 11 is 0. The molecule has 0 aliphatic carbocycles. The molecular formula is C26H28FN7O3. The summed E-state index contributed by atoms with van der Waals surface area (Å²) in [7, 11) is 7.08. The van der Waals surface area contributed by atoms with Gasteiger partial charge in [-0.25, -0.2) is 14.4 Å². The van der Waals surface area contributed by atoms with E-state index in [1.165, 1.54) is 19.5 Å². The van der Waals surface area contributed by atoms with Crippen molar-refractivity contribution in [2.45, 2.75) is 0 Å². The SMILES string of the molecule is C=CC(=O)Nc1c(OCCN(C)C)cc(OC)c(Nc2cc(-c3ccc4c(cnn4C)c3)ncn2)c1F. The Morgan fingerprint density at radius 1 is 1.19 bits per heavy atom. The average molecular weight is 506 g/mol.